The summed E-state index contributed by atoms with van der Waals surface area (Å²) in [6.45, 7) is 1.55. The van der Waals surface area contributed by atoms with Gasteiger partial charge in [0.05, 0.1) is 10.0 Å². The van der Waals surface area contributed by atoms with Crippen LogP contribution < -0.4 is 5.32 Å². The lowest BCUT2D eigenvalue weighted by Crippen LogP contribution is -2.37. The van der Waals surface area contributed by atoms with Crippen molar-refractivity contribution in [2.24, 2.45) is 0 Å². The van der Waals surface area contributed by atoms with Gasteiger partial charge in [-0.25, -0.2) is 0 Å². The van der Waals surface area contributed by atoms with Gasteiger partial charge < -0.3 is 4.42 Å². The van der Waals surface area contributed by atoms with Gasteiger partial charge in [-0.2, -0.15) is 5.26 Å². The second kappa shape index (κ2) is 6.60. The molecule has 124 valence electrons. The number of nitrogens with zero attached hydrogens (tertiary/aromatic N) is 1. The molecule has 0 unspecified atom stereocenters. The Morgan fingerprint density at radius 1 is 1.12 bits per heavy atom. The second-order valence-corrected chi connectivity index (χ2v) is 6.10. The second-order valence-electron chi connectivity index (χ2n) is 5.28. The van der Waals surface area contributed by atoms with E-state index >= 15 is 0 Å². The summed E-state index contributed by atoms with van der Waals surface area (Å²) in [5.74, 6) is -0.330. The third-order valence-electron chi connectivity index (χ3n) is 3.71. The molecule has 0 radical (unpaired) electrons. The standard InChI is InChI=1S/C18H10Cl2N2O3/c1-9-12(17(23)22-18(24)13(9)8-21)7-11-3-5-16(25-11)10-2-4-14(19)15(20)6-10/h2-7H,1H3,(H,22,23,24)/b12-7-. The zero-order valence-electron chi connectivity index (χ0n) is 12.9. The molecule has 0 atom stereocenters. The summed E-state index contributed by atoms with van der Waals surface area (Å²) < 4.78 is 5.71. The zero-order valence-corrected chi connectivity index (χ0v) is 14.4. The normalized spacial score (nSPS) is 16.2. The smallest absolute Gasteiger partial charge is 0.269 e. The molecule has 2 amide bonds. The summed E-state index contributed by atoms with van der Waals surface area (Å²) in [5.41, 5.74) is 1.14. The van der Waals surface area contributed by atoms with Crippen LogP contribution in [0.2, 0.25) is 10.0 Å². The summed E-state index contributed by atoms with van der Waals surface area (Å²) in [4.78, 5) is 23.6. The lowest BCUT2D eigenvalue weighted by Gasteiger charge is -2.15. The molecule has 1 aromatic carbocycles. The van der Waals surface area contributed by atoms with Gasteiger partial charge in [-0.05, 0) is 48.9 Å². The minimum atomic E-state index is -0.696. The first-order valence-corrected chi connectivity index (χ1v) is 7.90. The molecule has 1 N–H and O–H groups in total. The number of nitriles is 1. The fourth-order valence-corrected chi connectivity index (χ4v) is 2.69. The van der Waals surface area contributed by atoms with E-state index in [1.165, 1.54) is 6.08 Å². The van der Waals surface area contributed by atoms with Gasteiger partial charge in [0.1, 0.15) is 23.2 Å². The molecule has 0 bridgehead atoms. The van der Waals surface area contributed by atoms with Crippen molar-refractivity contribution in [2.45, 2.75) is 6.92 Å². The number of nitrogens with one attached hydrogen (secondary N) is 1. The summed E-state index contributed by atoms with van der Waals surface area (Å²) >= 11 is 11.9. The van der Waals surface area contributed by atoms with Crippen molar-refractivity contribution in [3.63, 3.8) is 0 Å². The van der Waals surface area contributed by atoms with Crippen LogP contribution in [0.3, 0.4) is 0 Å². The first kappa shape index (κ1) is 17.0. The van der Waals surface area contributed by atoms with Gasteiger partial charge in [-0.3, -0.25) is 14.9 Å². The van der Waals surface area contributed by atoms with Crippen molar-refractivity contribution in [1.29, 1.82) is 5.26 Å². The molecule has 7 heteroatoms. The highest BCUT2D eigenvalue weighted by molar-refractivity contribution is 6.42. The van der Waals surface area contributed by atoms with Crippen LogP contribution in [0, 0.1) is 11.3 Å². The van der Waals surface area contributed by atoms with E-state index in [0.29, 0.717) is 27.1 Å². The fraction of sp³-hybridized carbons (Fsp3) is 0.0556. The van der Waals surface area contributed by atoms with Gasteiger partial charge in [0, 0.05) is 11.1 Å². The molecular weight excluding hydrogens is 363 g/mol. The quantitative estimate of drug-likeness (QED) is 0.634. The van der Waals surface area contributed by atoms with E-state index in [1.807, 2.05) is 0 Å². The zero-order chi connectivity index (χ0) is 18.1. The van der Waals surface area contributed by atoms with E-state index in [2.05, 4.69) is 5.32 Å². The number of hydrogen-bond donors (Lipinski definition) is 1. The largest absolute Gasteiger partial charge is 0.457 e. The fourth-order valence-electron chi connectivity index (χ4n) is 2.39. The summed E-state index contributed by atoms with van der Waals surface area (Å²) in [6.07, 6.45) is 1.48. The average Bonchev–Trinajstić information content (AvgIpc) is 3.03. The van der Waals surface area contributed by atoms with Gasteiger partial charge in [0.25, 0.3) is 11.8 Å². The number of amides is 2. The molecule has 1 aliphatic heterocycles. The number of hydrogen-bond acceptors (Lipinski definition) is 4. The molecule has 2 heterocycles. The van der Waals surface area contributed by atoms with Crippen molar-refractivity contribution in [1.82, 2.24) is 5.32 Å². The van der Waals surface area contributed by atoms with Crippen LogP contribution in [-0.2, 0) is 9.59 Å². The molecule has 0 aliphatic carbocycles. The van der Waals surface area contributed by atoms with Crippen LogP contribution in [0.1, 0.15) is 12.7 Å². The Morgan fingerprint density at radius 3 is 2.56 bits per heavy atom. The molecular formula is C18H10Cl2N2O3. The van der Waals surface area contributed by atoms with E-state index in [9.17, 15) is 9.59 Å². The number of imide groups is 1. The Bertz CT molecular complexity index is 1010. The van der Waals surface area contributed by atoms with Gasteiger partial charge >= 0.3 is 0 Å². The molecule has 0 saturated heterocycles. The van der Waals surface area contributed by atoms with Crippen molar-refractivity contribution in [3.8, 4) is 17.4 Å². The molecule has 5 nitrogen and oxygen atoms in total. The molecule has 2 aromatic rings. The SMILES string of the molecule is CC1=C(C#N)C(=O)NC(=O)/C1=C\c1ccc(-c2ccc(Cl)c(Cl)c2)o1. The number of carbonyl (C=O) groups is 2. The van der Waals surface area contributed by atoms with Crippen molar-refractivity contribution < 1.29 is 14.0 Å². The minimum absolute atomic E-state index is 0.0953. The summed E-state index contributed by atoms with van der Waals surface area (Å²) in [7, 11) is 0. The van der Waals surface area contributed by atoms with Crippen LogP contribution in [0.4, 0.5) is 0 Å². The number of rotatable bonds is 2. The Morgan fingerprint density at radius 2 is 1.88 bits per heavy atom. The lowest BCUT2D eigenvalue weighted by atomic mass is 9.96. The molecule has 25 heavy (non-hydrogen) atoms. The van der Waals surface area contributed by atoms with Crippen molar-refractivity contribution in [3.05, 3.63) is 62.9 Å². The van der Waals surface area contributed by atoms with Crippen LogP contribution in [-0.4, -0.2) is 11.8 Å². The summed E-state index contributed by atoms with van der Waals surface area (Å²) in [5, 5.41) is 12.0. The molecule has 0 fully saturated rings. The lowest BCUT2D eigenvalue weighted by molar-refractivity contribution is -0.126. The Hall–Kier alpha value is -2.81. The van der Waals surface area contributed by atoms with Crippen LogP contribution in [0.15, 0.2) is 51.5 Å². The average molecular weight is 373 g/mol. The maximum absolute atomic E-state index is 12.0. The van der Waals surface area contributed by atoms with Crippen LogP contribution in [0.5, 0.6) is 0 Å². The monoisotopic (exact) mass is 372 g/mol. The van der Waals surface area contributed by atoms with E-state index in [4.69, 9.17) is 32.9 Å². The third kappa shape index (κ3) is 3.22. The first-order chi connectivity index (χ1) is 11.9. The highest BCUT2D eigenvalue weighted by atomic mass is 35.5. The van der Waals surface area contributed by atoms with E-state index < -0.39 is 11.8 Å². The van der Waals surface area contributed by atoms with Crippen LogP contribution in [0.25, 0.3) is 17.4 Å². The Labute approximate surface area is 153 Å². The molecule has 1 aliphatic rings. The molecule has 0 saturated carbocycles. The highest BCUT2D eigenvalue weighted by Gasteiger charge is 2.27. The van der Waals surface area contributed by atoms with Gasteiger partial charge in [0.15, 0.2) is 0 Å². The number of benzene rings is 1. The number of carbonyl (C=O) groups excluding carboxylic acids is 2. The van der Waals surface area contributed by atoms with Crippen molar-refractivity contribution >= 4 is 41.1 Å². The topological polar surface area (TPSA) is 83.1 Å². The van der Waals surface area contributed by atoms with Crippen LogP contribution >= 0.6 is 23.2 Å². The van der Waals surface area contributed by atoms with Crippen molar-refractivity contribution in [2.75, 3.05) is 0 Å². The highest BCUT2D eigenvalue weighted by Crippen LogP contribution is 2.30. The van der Waals surface area contributed by atoms with Gasteiger partial charge in [-0.1, -0.05) is 23.2 Å². The summed E-state index contributed by atoms with van der Waals surface area (Å²) in [6, 6.07) is 10.3. The maximum Gasteiger partial charge on any atom is 0.269 e. The number of halogens is 2. The minimum Gasteiger partial charge on any atom is -0.457 e. The van der Waals surface area contributed by atoms with Gasteiger partial charge in [0.2, 0.25) is 0 Å². The predicted molar refractivity (Wildman–Crippen MR) is 93.6 cm³/mol. The Kier molecular flexibility index (Phi) is 4.49. The molecule has 3 rings (SSSR count). The Balaban J connectivity index is 2.00. The molecule has 0 spiro atoms. The van der Waals surface area contributed by atoms with E-state index in [-0.39, 0.29) is 11.1 Å². The third-order valence-corrected chi connectivity index (χ3v) is 4.45. The van der Waals surface area contributed by atoms with E-state index in [0.717, 1.165) is 5.56 Å². The maximum atomic E-state index is 12.0. The predicted octanol–water partition coefficient (Wildman–Crippen LogP) is 4.13. The first-order valence-electron chi connectivity index (χ1n) is 7.14. The number of furan rings is 1. The molecule has 1 aromatic heterocycles. The van der Waals surface area contributed by atoms with E-state index in [1.54, 1.807) is 43.3 Å². The van der Waals surface area contributed by atoms with Gasteiger partial charge in [-0.15, -0.1) is 0 Å².